The lowest BCUT2D eigenvalue weighted by Gasteiger charge is -2.35. The first-order valence-electron chi connectivity index (χ1n) is 9.43. The van der Waals surface area contributed by atoms with Crippen LogP contribution in [-0.4, -0.2) is 65.0 Å². The summed E-state index contributed by atoms with van der Waals surface area (Å²) in [6, 6.07) is 5.95. The van der Waals surface area contributed by atoms with Crippen molar-refractivity contribution in [1.29, 1.82) is 0 Å². The molecule has 0 radical (unpaired) electrons. The van der Waals surface area contributed by atoms with Crippen LogP contribution < -0.4 is 14.4 Å². The molecule has 1 saturated heterocycles. The molecule has 0 aliphatic carbocycles. The highest BCUT2D eigenvalue weighted by molar-refractivity contribution is 5.87. The molecule has 0 saturated carbocycles. The Morgan fingerprint density at radius 1 is 1.04 bits per heavy atom. The second kappa shape index (κ2) is 7.63. The van der Waals surface area contributed by atoms with Gasteiger partial charge >= 0.3 is 0 Å². The highest BCUT2D eigenvalue weighted by Gasteiger charge is 2.22. The van der Waals surface area contributed by atoms with Crippen LogP contribution in [0, 0.1) is 6.92 Å². The molecule has 1 aliphatic rings. The average molecular weight is 382 g/mol. The first-order chi connectivity index (χ1) is 13.6. The number of rotatable bonds is 5. The molecule has 3 heterocycles. The van der Waals surface area contributed by atoms with Crippen LogP contribution in [0.25, 0.3) is 11.0 Å². The van der Waals surface area contributed by atoms with E-state index in [-0.39, 0.29) is 0 Å². The minimum atomic E-state index is 0.773. The Morgan fingerprint density at radius 2 is 1.82 bits per heavy atom. The summed E-state index contributed by atoms with van der Waals surface area (Å²) in [6.07, 6.45) is 1.86. The zero-order chi connectivity index (χ0) is 19.7. The molecule has 148 valence electrons. The highest BCUT2D eigenvalue weighted by atomic mass is 16.5. The summed E-state index contributed by atoms with van der Waals surface area (Å²) in [5, 5.41) is 5.36. The van der Waals surface area contributed by atoms with Crippen molar-refractivity contribution in [2.45, 2.75) is 13.5 Å². The number of ether oxygens (including phenoxy) is 2. The summed E-state index contributed by atoms with van der Waals surface area (Å²) in [4.78, 5) is 14.0. The van der Waals surface area contributed by atoms with E-state index < -0.39 is 0 Å². The summed E-state index contributed by atoms with van der Waals surface area (Å²) < 4.78 is 12.7. The van der Waals surface area contributed by atoms with Gasteiger partial charge < -0.3 is 14.4 Å². The number of methoxy groups -OCH3 is 2. The number of aromatic nitrogens is 4. The molecule has 8 heteroatoms. The summed E-state index contributed by atoms with van der Waals surface area (Å²) >= 11 is 0. The smallest absolute Gasteiger partial charge is 0.163 e. The first kappa shape index (κ1) is 18.5. The second-order valence-electron chi connectivity index (χ2n) is 7.04. The second-order valence-corrected chi connectivity index (χ2v) is 7.04. The molecule has 28 heavy (non-hydrogen) atoms. The molecular formula is C20H26N6O2. The summed E-state index contributed by atoms with van der Waals surface area (Å²) in [5.41, 5.74) is 2.02. The fourth-order valence-corrected chi connectivity index (χ4v) is 3.72. The Kier molecular flexibility index (Phi) is 5.04. The van der Waals surface area contributed by atoms with Crippen LogP contribution in [0.5, 0.6) is 11.5 Å². The third kappa shape index (κ3) is 3.47. The molecule has 1 fully saturated rings. The minimum Gasteiger partial charge on any atom is -0.497 e. The van der Waals surface area contributed by atoms with Gasteiger partial charge in [0, 0.05) is 45.3 Å². The maximum absolute atomic E-state index is 5.52. The molecule has 0 unspecified atom stereocenters. The van der Waals surface area contributed by atoms with Crippen LogP contribution >= 0.6 is 0 Å². The molecule has 3 aromatic rings. The van der Waals surface area contributed by atoms with Crippen molar-refractivity contribution >= 4 is 16.9 Å². The number of nitrogens with zero attached hydrogens (tertiary/aromatic N) is 6. The van der Waals surface area contributed by atoms with Gasteiger partial charge in [-0.25, -0.2) is 9.97 Å². The number of fused-ring (bicyclic) bond motifs is 1. The molecule has 0 bridgehead atoms. The van der Waals surface area contributed by atoms with E-state index in [1.807, 2.05) is 32.3 Å². The number of hydrogen-bond donors (Lipinski definition) is 0. The van der Waals surface area contributed by atoms with Crippen LogP contribution in [0.4, 0.5) is 5.82 Å². The van der Waals surface area contributed by atoms with Gasteiger partial charge in [0.15, 0.2) is 5.65 Å². The highest BCUT2D eigenvalue weighted by Crippen LogP contribution is 2.27. The van der Waals surface area contributed by atoms with Gasteiger partial charge in [-0.2, -0.15) is 5.10 Å². The van der Waals surface area contributed by atoms with Gasteiger partial charge in [0.2, 0.25) is 0 Å². The van der Waals surface area contributed by atoms with E-state index in [2.05, 4.69) is 25.9 Å². The van der Waals surface area contributed by atoms with Crippen molar-refractivity contribution < 1.29 is 9.47 Å². The van der Waals surface area contributed by atoms with Gasteiger partial charge in [-0.3, -0.25) is 9.58 Å². The molecule has 0 amide bonds. The molecule has 2 aromatic heterocycles. The van der Waals surface area contributed by atoms with Crippen molar-refractivity contribution in [2.75, 3.05) is 45.3 Å². The lowest BCUT2D eigenvalue weighted by Crippen LogP contribution is -2.46. The number of anilines is 1. The zero-order valence-corrected chi connectivity index (χ0v) is 16.8. The van der Waals surface area contributed by atoms with E-state index in [0.29, 0.717) is 0 Å². The topological polar surface area (TPSA) is 68.5 Å². The van der Waals surface area contributed by atoms with Crippen LogP contribution in [0.1, 0.15) is 11.4 Å². The Morgan fingerprint density at radius 3 is 2.54 bits per heavy atom. The van der Waals surface area contributed by atoms with Crippen LogP contribution in [0.15, 0.2) is 24.4 Å². The van der Waals surface area contributed by atoms with Crippen LogP contribution in [-0.2, 0) is 13.6 Å². The van der Waals surface area contributed by atoms with Gasteiger partial charge in [-0.1, -0.05) is 0 Å². The predicted octanol–water partition coefficient (Wildman–Crippen LogP) is 2.01. The summed E-state index contributed by atoms with van der Waals surface area (Å²) in [5.74, 6) is 3.50. The fraction of sp³-hybridized carbons (Fsp3) is 0.450. The fourth-order valence-electron chi connectivity index (χ4n) is 3.72. The molecular weight excluding hydrogens is 356 g/mol. The third-order valence-corrected chi connectivity index (χ3v) is 5.24. The van der Waals surface area contributed by atoms with Gasteiger partial charge in [-0.05, 0) is 25.1 Å². The molecule has 0 N–H and O–H groups in total. The molecule has 1 aliphatic heterocycles. The first-order valence-corrected chi connectivity index (χ1v) is 9.43. The number of piperazine rings is 1. The van der Waals surface area contributed by atoms with Gasteiger partial charge in [0.05, 0.1) is 25.8 Å². The zero-order valence-electron chi connectivity index (χ0n) is 16.8. The maximum Gasteiger partial charge on any atom is 0.163 e. The number of aryl methyl sites for hydroxylation is 2. The SMILES string of the molecule is COc1ccc(OC)c(CN2CCN(c3nc(C)nc4c3cnn4C)CC2)c1. The molecule has 4 rings (SSSR count). The Labute approximate surface area is 164 Å². The standard InChI is InChI=1S/C20H26N6O2/c1-14-22-19-17(12-21-24(19)2)20(23-14)26-9-7-25(8-10-26)13-15-11-16(27-3)5-6-18(15)28-4/h5-6,11-12H,7-10,13H2,1-4H3. The lowest BCUT2D eigenvalue weighted by molar-refractivity contribution is 0.245. The predicted molar refractivity (Wildman–Crippen MR) is 108 cm³/mol. The molecule has 1 aromatic carbocycles. The Bertz CT molecular complexity index is 978. The van der Waals surface area contributed by atoms with Crippen molar-refractivity contribution in [2.24, 2.45) is 7.05 Å². The van der Waals surface area contributed by atoms with E-state index >= 15 is 0 Å². The number of benzene rings is 1. The minimum absolute atomic E-state index is 0.773. The maximum atomic E-state index is 5.52. The van der Waals surface area contributed by atoms with Gasteiger partial charge in [0.1, 0.15) is 23.1 Å². The van der Waals surface area contributed by atoms with Gasteiger partial charge in [-0.15, -0.1) is 0 Å². The Hall–Kier alpha value is -2.87. The van der Waals surface area contributed by atoms with Crippen LogP contribution in [0.2, 0.25) is 0 Å². The van der Waals surface area contributed by atoms with Crippen molar-refractivity contribution in [3.63, 3.8) is 0 Å². The largest absolute Gasteiger partial charge is 0.497 e. The molecule has 0 spiro atoms. The Balaban J connectivity index is 1.49. The lowest BCUT2D eigenvalue weighted by atomic mass is 10.1. The van der Waals surface area contributed by atoms with E-state index in [1.54, 1.807) is 18.9 Å². The quantitative estimate of drug-likeness (QED) is 0.669. The van der Waals surface area contributed by atoms with Crippen LogP contribution in [0.3, 0.4) is 0 Å². The monoisotopic (exact) mass is 382 g/mol. The normalized spacial score (nSPS) is 15.2. The van der Waals surface area contributed by atoms with E-state index in [1.165, 1.54) is 0 Å². The van der Waals surface area contributed by atoms with E-state index in [9.17, 15) is 0 Å². The average Bonchev–Trinajstić information content (AvgIpc) is 3.08. The number of hydrogen-bond acceptors (Lipinski definition) is 7. The third-order valence-electron chi connectivity index (χ3n) is 5.24. The molecule has 0 atom stereocenters. The molecule has 8 nitrogen and oxygen atoms in total. The van der Waals surface area contributed by atoms with Crippen molar-refractivity contribution in [1.82, 2.24) is 24.6 Å². The van der Waals surface area contributed by atoms with E-state index in [4.69, 9.17) is 14.5 Å². The summed E-state index contributed by atoms with van der Waals surface area (Å²) in [7, 11) is 5.31. The van der Waals surface area contributed by atoms with Crippen molar-refractivity contribution in [3.05, 3.63) is 35.8 Å². The van der Waals surface area contributed by atoms with E-state index in [0.717, 1.165) is 72.5 Å². The van der Waals surface area contributed by atoms with Crippen molar-refractivity contribution in [3.8, 4) is 11.5 Å². The van der Waals surface area contributed by atoms with Gasteiger partial charge in [0.25, 0.3) is 0 Å². The summed E-state index contributed by atoms with van der Waals surface area (Å²) in [6.45, 7) is 6.48.